The first-order chi connectivity index (χ1) is 20.3. The van der Waals surface area contributed by atoms with Crippen LogP contribution in [0.15, 0.2) is 76.2 Å². The van der Waals surface area contributed by atoms with Crippen molar-refractivity contribution in [3.8, 4) is 11.5 Å². The number of benzene rings is 2. The van der Waals surface area contributed by atoms with Crippen molar-refractivity contribution in [1.29, 1.82) is 0 Å². The fourth-order valence-corrected chi connectivity index (χ4v) is 6.79. The summed E-state index contributed by atoms with van der Waals surface area (Å²) in [5.74, 6) is 0.995. The number of rotatable bonds is 9. The van der Waals surface area contributed by atoms with Gasteiger partial charge in [-0.3, -0.25) is 14.2 Å². The molecule has 0 saturated heterocycles. The second-order valence-electron chi connectivity index (χ2n) is 10.1. The van der Waals surface area contributed by atoms with Gasteiger partial charge in [0.05, 0.1) is 30.0 Å². The largest absolute Gasteiger partial charge is 0.497 e. The standard InChI is InChI=1S/C33H36N4O4S/c1-8-17-36-21(5)24(23-13-11-12-14-26(23)36)19-28-31(38)37-30(25-18-22(40-6)15-16-27(25)41-7)29(20(4)34-33(37)42-28)32(39)35(9-2)10-3/h8,11-16,18-19,30H,1,9-10,17H2,2-7H3/b28-19+/t30-/m1/s1. The van der Waals surface area contributed by atoms with Crippen molar-refractivity contribution < 1.29 is 14.3 Å². The first-order valence-electron chi connectivity index (χ1n) is 14.0. The zero-order chi connectivity index (χ0) is 30.1. The zero-order valence-corrected chi connectivity index (χ0v) is 25.7. The number of aromatic nitrogens is 2. The van der Waals surface area contributed by atoms with Gasteiger partial charge < -0.3 is 18.9 Å². The molecule has 218 valence electrons. The summed E-state index contributed by atoms with van der Waals surface area (Å²) in [4.78, 5) is 35.4. The molecule has 2 aromatic heterocycles. The van der Waals surface area contributed by atoms with Crippen molar-refractivity contribution in [1.82, 2.24) is 14.0 Å². The summed E-state index contributed by atoms with van der Waals surface area (Å²) in [5.41, 5.74) is 4.57. The molecule has 3 heterocycles. The van der Waals surface area contributed by atoms with Gasteiger partial charge in [0, 0.05) is 47.4 Å². The number of allylic oxidation sites excluding steroid dienone is 2. The molecule has 2 aromatic carbocycles. The van der Waals surface area contributed by atoms with Crippen LogP contribution in [0.2, 0.25) is 0 Å². The number of hydrogen-bond acceptors (Lipinski definition) is 6. The van der Waals surface area contributed by atoms with Gasteiger partial charge in [-0.1, -0.05) is 35.6 Å². The summed E-state index contributed by atoms with van der Waals surface area (Å²) in [5, 5.41) is 1.06. The van der Waals surface area contributed by atoms with Crippen molar-refractivity contribution in [2.24, 2.45) is 4.99 Å². The summed E-state index contributed by atoms with van der Waals surface area (Å²) in [6.07, 6.45) is 3.82. The molecule has 4 aromatic rings. The third-order valence-corrected chi connectivity index (χ3v) is 8.88. The summed E-state index contributed by atoms with van der Waals surface area (Å²) in [7, 11) is 3.17. The van der Waals surface area contributed by atoms with E-state index in [0.717, 1.165) is 22.2 Å². The third kappa shape index (κ3) is 4.77. The van der Waals surface area contributed by atoms with E-state index in [1.165, 1.54) is 11.3 Å². The molecule has 0 spiro atoms. The number of ether oxygens (including phenoxy) is 2. The Kier molecular flexibility index (Phi) is 8.22. The van der Waals surface area contributed by atoms with Gasteiger partial charge in [0.1, 0.15) is 17.5 Å². The second-order valence-corrected chi connectivity index (χ2v) is 11.1. The Morgan fingerprint density at radius 1 is 1.12 bits per heavy atom. The highest BCUT2D eigenvalue weighted by atomic mass is 32.1. The summed E-state index contributed by atoms with van der Waals surface area (Å²) in [6.45, 7) is 13.4. The van der Waals surface area contributed by atoms with Crippen LogP contribution >= 0.6 is 11.3 Å². The molecule has 0 bridgehead atoms. The Balaban J connectivity index is 1.82. The summed E-state index contributed by atoms with van der Waals surface area (Å²) in [6, 6.07) is 12.9. The van der Waals surface area contributed by atoms with Crippen molar-refractivity contribution in [2.45, 2.75) is 40.3 Å². The van der Waals surface area contributed by atoms with E-state index >= 15 is 0 Å². The molecule has 1 aliphatic heterocycles. The van der Waals surface area contributed by atoms with E-state index in [1.807, 2.05) is 51.1 Å². The lowest BCUT2D eigenvalue weighted by Crippen LogP contribution is -2.43. The summed E-state index contributed by atoms with van der Waals surface area (Å²) >= 11 is 1.32. The summed E-state index contributed by atoms with van der Waals surface area (Å²) < 4.78 is 15.7. The van der Waals surface area contributed by atoms with Crippen molar-refractivity contribution >= 4 is 34.2 Å². The molecule has 5 rings (SSSR count). The number of amides is 1. The molecule has 9 heteroatoms. The van der Waals surface area contributed by atoms with E-state index in [0.29, 0.717) is 57.3 Å². The first kappa shape index (κ1) is 29.1. The third-order valence-electron chi connectivity index (χ3n) is 7.90. The Morgan fingerprint density at radius 2 is 1.86 bits per heavy atom. The van der Waals surface area contributed by atoms with E-state index < -0.39 is 6.04 Å². The fourth-order valence-electron chi connectivity index (χ4n) is 5.76. The van der Waals surface area contributed by atoms with E-state index in [-0.39, 0.29) is 11.5 Å². The van der Waals surface area contributed by atoms with Gasteiger partial charge >= 0.3 is 0 Å². The molecule has 0 N–H and O–H groups in total. The molecule has 0 saturated carbocycles. The van der Waals surface area contributed by atoms with Gasteiger partial charge in [-0.25, -0.2) is 4.99 Å². The molecule has 0 fully saturated rings. The molecule has 1 atom stereocenters. The maximum Gasteiger partial charge on any atom is 0.271 e. The lowest BCUT2D eigenvalue weighted by molar-refractivity contribution is -0.127. The number of carbonyl (C=O) groups is 1. The maximum atomic E-state index is 14.4. The molecule has 1 amide bonds. The number of hydrogen-bond donors (Lipinski definition) is 0. The average Bonchev–Trinajstić information content (AvgIpc) is 3.45. The monoisotopic (exact) mass is 584 g/mol. The predicted molar refractivity (Wildman–Crippen MR) is 168 cm³/mol. The normalized spacial score (nSPS) is 15.0. The highest BCUT2D eigenvalue weighted by Gasteiger charge is 2.36. The van der Waals surface area contributed by atoms with Crippen LogP contribution in [0, 0.1) is 6.92 Å². The Hall–Kier alpha value is -4.37. The quantitative estimate of drug-likeness (QED) is 0.270. The number of methoxy groups -OCH3 is 2. The van der Waals surface area contributed by atoms with Crippen LogP contribution in [-0.4, -0.2) is 47.3 Å². The minimum Gasteiger partial charge on any atom is -0.497 e. The van der Waals surface area contributed by atoms with E-state index in [9.17, 15) is 9.59 Å². The molecule has 8 nitrogen and oxygen atoms in total. The van der Waals surface area contributed by atoms with Gasteiger partial charge in [-0.15, -0.1) is 6.58 Å². The zero-order valence-electron chi connectivity index (χ0n) is 24.9. The SMILES string of the molecule is C=CCn1c(C)c(/C=c2/sc3n(c2=O)[C@H](c2cc(OC)ccc2OC)C(C(=O)N(CC)CC)=C(C)N=3)c2ccccc21. The van der Waals surface area contributed by atoms with Crippen LogP contribution in [0.5, 0.6) is 11.5 Å². The predicted octanol–water partition coefficient (Wildman–Crippen LogP) is 4.57. The lowest BCUT2D eigenvalue weighted by Gasteiger charge is -2.30. The molecule has 0 radical (unpaired) electrons. The van der Waals surface area contributed by atoms with E-state index in [4.69, 9.17) is 14.5 Å². The van der Waals surface area contributed by atoms with Crippen LogP contribution in [0.4, 0.5) is 0 Å². The Morgan fingerprint density at radius 3 is 2.52 bits per heavy atom. The molecular weight excluding hydrogens is 548 g/mol. The highest BCUT2D eigenvalue weighted by Crippen LogP contribution is 2.38. The number of fused-ring (bicyclic) bond motifs is 2. The van der Waals surface area contributed by atoms with Crippen LogP contribution in [0.25, 0.3) is 17.0 Å². The van der Waals surface area contributed by atoms with Crippen molar-refractivity contribution in [3.63, 3.8) is 0 Å². The van der Waals surface area contributed by atoms with Crippen LogP contribution in [0.1, 0.15) is 43.6 Å². The second kappa shape index (κ2) is 11.9. The van der Waals surface area contributed by atoms with Gasteiger partial charge in [0.2, 0.25) is 0 Å². The number of likely N-dealkylation sites (N-methyl/N-ethyl adjacent to an activating group) is 1. The average molecular weight is 585 g/mol. The molecular formula is C33H36N4O4S. The molecule has 1 aliphatic rings. The van der Waals surface area contributed by atoms with Crippen LogP contribution < -0.4 is 24.4 Å². The minimum absolute atomic E-state index is 0.159. The maximum absolute atomic E-state index is 14.4. The minimum atomic E-state index is -0.746. The van der Waals surface area contributed by atoms with Crippen molar-refractivity contribution in [3.05, 3.63) is 103 Å². The van der Waals surface area contributed by atoms with Crippen LogP contribution in [-0.2, 0) is 11.3 Å². The van der Waals surface area contributed by atoms with Gasteiger partial charge in [0.15, 0.2) is 4.80 Å². The molecule has 0 aliphatic carbocycles. The molecule has 0 unspecified atom stereocenters. The number of thiazole rings is 1. The smallest absolute Gasteiger partial charge is 0.271 e. The van der Waals surface area contributed by atoms with Crippen LogP contribution in [0.3, 0.4) is 0 Å². The van der Waals surface area contributed by atoms with E-state index in [1.54, 1.807) is 35.8 Å². The number of para-hydroxylation sites is 1. The topological polar surface area (TPSA) is 78.1 Å². The van der Waals surface area contributed by atoms with Gasteiger partial charge in [-0.05, 0) is 58.0 Å². The Labute approximate surface area is 249 Å². The van der Waals surface area contributed by atoms with E-state index in [2.05, 4.69) is 30.2 Å². The van der Waals surface area contributed by atoms with Gasteiger partial charge in [-0.2, -0.15) is 0 Å². The van der Waals surface area contributed by atoms with Crippen molar-refractivity contribution in [2.75, 3.05) is 27.3 Å². The lowest BCUT2D eigenvalue weighted by atomic mass is 9.93. The number of carbonyl (C=O) groups excluding carboxylic acids is 1. The Bertz CT molecular complexity index is 1910. The first-order valence-corrected chi connectivity index (χ1v) is 14.8. The molecule has 42 heavy (non-hydrogen) atoms. The number of nitrogens with zero attached hydrogens (tertiary/aromatic N) is 4. The fraction of sp³-hybridized carbons (Fsp3) is 0.303. The van der Waals surface area contributed by atoms with Gasteiger partial charge in [0.25, 0.3) is 11.5 Å². The highest BCUT2D eigenvalue weighted by molar-refractivity contribution is 7.07.